The predicted octanol–water partition coefficient (Wildman–Crippen LogP) is 1.16. The zero-order valence-corrected chi connectivity index (χ0v) is 11.4. The van der Waals surface area contributed by atoms with Crippen LogP contribution in [0.15, 0.2) is 0 Å². The van der Waals surface area contributed by atoms with Crippen molar-refractivity contribution in [2.24, 2.45) is 11.8 Å². The minimum Gasteiger partial charge on any atom is -0.315 e. The van der Waals surface area contributed by atoms with Gasteiger partial charge in [-0.15, -0.1) is 0 Å². The zero-order chi connectivity index (χ0) is 12.0. The Labute approximate surface area is 101 Å². The van der Waals surface area contributed by atoms with Crippen molar-refractivity contribution in [3.8, 4) is 0 Å². The van der Waals surface area contributed by atoms with Gasteiger partial charge in [0, 0.05) is 38.8 Å². The van der Waals surface area contributed by atoms with Gasteiger partial charge in [0.15, 0.2) is 0 Å². The summed E-state index contributed by atoms with van der Waals surface area (Å²) >= 11 is 0. The fourth-order valence-corrected chi connectivity index (χ4v) is 2.03. The van der Waals surface area contributed by atoms with E-state index in [4.69, 9.17) is 0 Å². The van der Waals surface area contributed by atoms with Gasteiger partial charge in [0.1, 0.15) is 0 Å². The molecule has 0 unspecified atom stereocenters. The second kappa shape index (κ2) is 7.25. The maximum atomic E-state index is 3.53. The summed E-state index contributed by atoms with van der Waals surface area (Å²) in [5.74, 6) is 1.64. The van der Waals surface area contributed by atoms with Crippen molar-refractivity contribution in [3.63, 3.8) is 0 Å². The molecule has 2 N–H and O–H groups in total. The van der Waals surface area contributed by atoms with Gasteiger partial charge in [-0.05, 0) is 32.2 Å². The molecule has 0 saturated carbocycles. The van der Waals surface area contributed by atoms with Crippen molar-refractivity contribution < 1.29 is 0 Å². The fourth-order valence-electron chi connectivity index (χ4n) is 2.03. The molecule has 0 atom stereocenters. The average molecular weight is 227 g/mol. The summed E-state index contributed by atoms with van der Waals surface area (Å²) in [4.78, 5) is 2.53. The summed E-state index contributed by atoms with van der Waals surface area (Å²) in [6.45, 7) is 16.1. The van der Waals surface area contributed by atoms with E-state index >= 15 is 0 Å². The van der Waals surface area contributed by atoms with Crippen LogP contribution in [0.3, 0.4) is 0 Å². The number of rotatable bonds is 8. The van der Waals surface area contributed by atoms with Gasteiger partial charge in [0.2, 0.25) is 0 Å². The molecular weight excluding hydrogens is 198 g/mol. The van der Waals surface area contributed by atoms with Crippen LogP contribution in [0.5, 0.6) is 0 Å². The first-order valence-corrected chi connectivity index (χ1v) is 6.75. The highest BCUT2D eigenvalue weighted by molar-refractivity contribution is 4.83. The summed E-state index contributed by atoms with van der Waals surface area (Å²) in [5, 5.41) is 6.98. The van der Waals surface area contributed by atoms with Crippen LogP contribution < -0.4 is 10.6 Å². The number of hydrogen-bond donors (Lipinski definition) is 2. The van der Waals surface area contributed by atoms with Crippen LogP contribution in [0.2, 0.25) is 0 Å². The summed E-state index contributed by atoms with van der Waals surface area (Å²) in [5.41, 5.74) is 0. The Bertz CT molecular complexity index is 174. The summed E-state index contributed by atoms with van der Waals surface area (Å²) in [7, 11) is 0. The highest BCUT2D eigenvalue weighted by Crippen LogP contribution is 2.16. The van der Waals surface area contributed by atoms with Crippen LogP contribution in [-0.4, -0.2) is 50.2 Å². The minimum absolute atomic E-state index is 0.726. The Kier molecular flexibility index (Phi) is 6.32. The molecule has 0 aromatic heterocycles. The van der Waals surface area contributed by atoms with Crippen LogP contribution in [0.25, 0.3) is 0 Å². The number of likely N-dealkylation sites (tertiary alicyclic amines) is 1. The van der Waals surface area contributed by atoms with Gasteiger partial charge in [-0.25, -0.2) is 0 Å². The van der Waals surface area contributed by atoms with E-state index in [1.165, 1.54) is 19.6 Å². The molecule has 0 amide bonds. The SMILES string of the molecule is CC(C)CNCCNCC1CN(C(C)C)C1. The van der Waals surface area contributed by atoms with Crippen LogP contribution in [0.4, 0.5) is 0 Å². The van der Waals surface area contributed by atoms with Gasteiger partial charge in [0.05, 0.1) is 0 Å². The molecule has 0 bridgehead atoms. The Morgan fingerprint density at radius 3 is 2.25 bits per heavy atom. The number of hydrogen-bond acceptors (Lipinski definition) is 3. The summed E-state index contributed by atoms with van der Waals surface area (Å²) in [6, 6.07) is 0.726. The summed E-state index contributed by atoms with van der Waals surface area (Å²) < 4.78 is 0. The molecule has 0 aliphatic carbocycles. The third kappa shape index (κ3) is 5.28. The zero-order valence-electron chi connectivity index (χ0n) is 11.4. The molecule has 1 heterocycles. The van der Waals surface area contributed by atoms with Crippen molar-refractivity contribution in [3.05, 3.63) is 0 Å². The Hall–Kier alpha value is -0.120. The first-order chi connectivity index (χ1) is 7.59. The van der Waals surface area contributed by atoms with Crippen LogP contribution >= 0.6 is 0 Å². The highest BCUT2D eigenvalue weighted by atomic mass is 15.2. The monoisotopic (exact) mass is 227 g/mol. The topological polar surface area (TPSA) is 27.3 Å². The number of nitrogens with one attached hydrogen (secondary N) is 2. The van der Waals surface area contributed by atoms with Crippen molar-refractivity contribution in [2.75, 3.05) is 39.3 Å². The minimum atomic E-state index is 0.726. The maximum Gasteiger partial charge on any atom is 0.00768 e. The predicted molar refractivity (Wildman–Crippen MR) is 70.8 cm³/mol. The maximum absolute atomic E-state index is 3.53. The quantitative estimate of drug-likeness (QED) is 0.609. The molecule has 1 fully saturated rings. The lowest BCUT2D eigenvalue weighted by molar-refractivity contribution is 0.0678. The van der Waals surface area contributed by atoms with Gasteiger partial charge in [-0.2, -0.15) is 0 Å². The third-order valence-corrected chi connectivity index (χ3v) is 3.18. The Morgan fingerprint density at radius 1 is 1.06 bits per heavy atom. The normalized spacial score (nSPS) is 18.4. The molecule has 16 heavy (non-hydrogen) atoms. The van der Waals surface area contributed by atoms with E-state index in [0.29, 0.717) is 0 Å². The van der Waals surface area contributed by atoms with Crippen LogP contribution in [0, 0.1) is 11.8 Å². The molecule has 1 rings (SSSR count). The van der Waals surface area contributed by atoms with E-state index in [2.05, 4.69) is 43.2 Å². The molecule has 1 aliphatic rings. The van der Waals surface area contributed by atoms with Gasteiger partial charge in [-0.3, -0.25) is 0 Å². The van der Waals surface area contributed by atoms with Crippen LogP contribution in [0.1, 0.15) is 27.7 Å². The lowest BCUT2D eigenvalue weighted by Gasteiger charge is -2.42. The first kappa shape index (κ1) is 13.9. The molecule has 0 radical (unpaired) electrons. The Morgan fingerprint density at radius 2 is 1.69 bits per heavy atom. The van der Waals surface area contributed by atoms with E-state index in [9.17, 15) is 0 Å². The molecule has 3 nitrogen and oxygen atoms in total. The largest absolute Gasteiger partial charge is 0.315 e. The van der Waals surface area contributed by atoms with Crippen molar-refractivity contribution >= 4 is 0 Å². The lowest BCUT2D eigenvalue weighted by Crippen LogP contribution is -2.53. The molecule has 96 valence electrons. The van der Waals surface area contributed by atoms with Gasteiger partial charge in [0.25, 0.3) is 0 Å². The average Bonchev–Trinajstić information content (AvgIpc) is 2.12. The van der Waals surface area contributed by atoms with E-state index in [1.54, 1.807) is 0 Å². The van der Waals surface area contributed by atoms with Crippen molar-refractivity contribution in [1.82, 2.24) is 15.5 Å². The fraction of sp³-hybridized carbons (Fsp3) is 1.00. The van der Waals surface area contributed by atoms with Crippen LogP contribution in [-0.2, 0) is 0 Å². The third-order valence-electron chi connectivity index (χ3n) is 3.18. The molecule has 3 heteroatoms. The van der Waals surface area contributed by atoms with E-state index in [0.717, 1.165) is 37.5 Å². The molecule has 1 saturated heterocycles. The van der Waals surface area contributed by atoms with Gasteiger partial charge >= 0.3 is 0 Å². The highest BCUT2D eigenvalue weighted by Gasteiger charge is 2.27. The molecule has 1 aliphatic heterocycles. The van der Waals surface area contributed by atoms with E-state index < -0.39 is 0 Å². The smallest absolute Gasteiger partial charge is 0.00768 e. The standard InChI is InChI=1S/C13H29N3/c1-11(2)7-14-5-6-15-8-13-9-16(10-13)12(3)4/h11-15H,5-10H2,1-4H3. The van der Waals surface area contributed by atoms with Gasteiger partial charge < -0.3 is 15.5 Å². The summed E-state index contributed by atoms with van der Waals surface area (Å²) in [6.07, 6.45) is 0. The van der Waals surface area contributed by atoms with E-state index in [-0.39, 0.29) is 0 Å². The lowest BCUT2D eigenvalue weighted by atomic mass is 9.98. The molecule has 0 spiro atoms. The van der Waals surface area contributed by atoms with Crippen molar-refractivity contribution in [2.45, 2.75) is 33.7 Å². The molecular formula is C13H29N3. The molecule has 0 aromatic carbocycles. The molecule has 0 aromatic rings. The Balaban J connectivity index is 1.83. The first-order valence-electron chi connectivity index (χ1n) is 6.75. The number of nitrogens with zero attached hydrogens (tertiary/aromatic N) is 1. The van der Waals surface area contributed by atoms with Gasteiger partial charge in [-0.1, -0.05) is 13.8 Å². The second-order valence-electron chi connectivity index (χ2n) is 5.72. The van der Waals surface area contributed by atoms with E-state index in [1.807, 2.05) is 0 Å². The second-order valence-corrected chi connectivity index (χ2v) is 5.72. The van der Waals surface area contributed by atoms with Crippen molar-refractivity contribution in [1.29, 1.82) is 0 Å².